The van der Waals surface area contributed by atoms with Crippen LogP contribution in [0.2, 0.25) is 0 Å². The molecule has 1 heterocycles. The van der Waals surface area contributed by atoms with Crippen LogP contribution in [-0.4, -0.2) is 22.5 Å². The van der Waals surface area contributed by atoms with Gasteiger partial charge in [-0.1, -0.05) is 0 Å². The average molecular weight is 211 g/mol. The molecule has 0 spiro atoms. The number of aliphatic hydroxyl groups is 1. The third-order valence-electron chi connectivity index (χ3n) is 2.30. The quantitative estimate of drug-likeness (QED) is 0.799. The number of carbonyl (C=O) groups is 1. The minimum atomic E-state index is -0.404. The smallest absolute Gasteiger partial charge is 0.141 e. The lowest BCUT2D eigenvalue weighted by molar-refractivity contribution is -0.121. The van der Waals surface area contributed by atoms with Gasteiger partial charge in [0.15, 0.2) is 0 Å². The fourth-order valence-corrected chi connectivity index (χ4v) is 1.46. The number of ketones is 1. The predicted octanol–water partition coefficient (Wildman–Crippen LogP) is 1.35. The molecule has 4 heteroatoms. The highest BCUT2D eigenvalue weighted by Gasteiger charge is 2.14. The lowest BCUT2D eigenvalue weighted by Crippen LogP contribution is -2.15. The van der Waals surface area contributed by atoms with Gasteiger partial charge in [0, 0.05) is 18.7 Å². The molecule has 0 aliphatic heterocycles. The van der Waals surface area contributed by atoms with Crippen molar-refractivity contribution in [3.8, 4) is 0 Å². The summed E-state index contributed by atoms with van der Waals surface area (Å²) < 4.78 is 12.8. The molecule has 0 aromatic carbocycles. The molecule has 0 radical (unpaired) electrons. The van der Waals surface area contributed by atoms with E-state index in [9.17, 15) is 9.18 Å². The summed E-state index contributed by atoms with van der Waals surface area (Å²) in [6.45, 7) is 1.44. The van der Waals surface area contributed by atoms with Crippen LogP contribution in [0.3, 0.4) is 0 Å². The van der Waals surface area contributed by atoms with Crippen LogP contribution in [-0.2, 0) is 11.2 Å². The first-order chi connectivity index (χ1) is 7.13. The summed E-state index contributed by atoms with van der Waals surface area (Å²) >= 11 is 0. The van der Waals surface area contributed by atoms with Crippen molar-refractivity contribution in [3.63, 3.8) is 0 Å². The van der Waals surface area contributed by atoms with Gasteiger partial charge in [-0.25, -0.2) is 4.39 Å². The van der Waals surface area contributed by atoms with Crippen LogP contribution in [0, 0.1) is 11.7 Å². The van der Waals surface area contributed by atoms with Crippen molar-refractivity contribution in [1.29, 1.82) is 0 Å². The first-order valence-corrected chi connectivity index (χ1v) is 4.84. The Bertz CT molecular complexity index is 341. The Kier molecular flexibility index (Phi) is 4.37. The van der Waals surface area contributed by atoms with Gasteiger partial charge in [-0.05, 0) is 31.4 Å². The Morgan fingerprint density at radius 3 is 2.87 bits per heavy atom. The molecule has 1 aromatic heterocycles. The number of carbonyl (C=O) groups excluding carboxylic acids is 1. The number of aromatic nitrogens is 1. The number of hydrogen-bond acceptors (Lipinski definition) is 3. The van der Waals surface area contributed by atoms with Crippen molar-refractivity contribution in [2.45, 2.75) is 19.8 Å². The summed E-state index contributed by atoms with van der Waals surface area (Å²) in [6.07, 6.45) is 3.50. The van der Waals surface area contributed by atoms with E-state index in [1.807, 2.05) is 0 Å². The highest BCUT2D eigenvalue weighted by molar-refractivity contribution is 5.78. The van der Waals surface area contributed by atoms with Crippen LogP contribution >= 0.6 is 0 Å². The van der Waals surface area contributed by atoms with Crippen LogP contribution in [0.5, 0.6) is 0 Å². The first kappa shape index (κ1) is 11.8. The summed E-state index contributed by atoms with van der Waals surface area (Å²) in [4.78, 5) is 14.9. The zero-order chi connectivity index (χ0) is 11.3. The molecule has 0 bridgehead atoms. The predicted molar refractivity (Wildman–Crippen MR) is 53.8 cm³/mol. The number of halogens is 1. The summed E-state index contributed by atoms with van der Waals surface area (Å²) in [5, 5.41) is 8.78. The van der Waals surface area contributed by atoms with E-state index in [1.54, 1.807) is 0 Å². The molecule has 1 N–H and O–H groups in total. The van der Waals surface area contributed by atoms with E-state index in [-0.39, 0.29) is 18.3 Å². The van der Waals surface area contributed by atoms with E-state index in [2.05, 4.69) is 4.98 Å². The highest BCUT2D eigenvalue weighted by atomic mass is 19.1. The molecule has 0 amide bonds. The monoisotopic (exact) mass is 211 g/mol. The van der Waals surface area contributed by atoms with Crippen molar-refractivity contribution in [2.24, 2.45) is 5.92 Å². The molecule has 1 unspecified atom stereocenters. The Labute approximate surface area is 88.0 Å². The zero-order valence-electron chi connectivity index (χ0n) is 8.61. The van der Waals surface area contributed by atoms with Crippen molar-refractivity contribution >= 4 is 5.78 Å². The molecule has 3 nitrogen and oxygen atoms in total. The largest absolute Gasteiger partial charge is 0.396 e. The summed E-state index contributed by atoms with van der Waals surface area (Å²) in [5.41, 5.74) is 0.684. The van der Waals surface area contributed by atoms with Gasteiger partial charge in [-0.15, -0.1) is 0 Å². The minimum absolute atomic E-state index is 0.00770. The van der Waals surface area contributed by atoms with Gasteiger partial charge >= 0.3 is 0 Å². The van der Waals surface area contributed by atoms with Crippen LogP contribution in [0.1, 0.15) is 18.9 Å². The molecule has 0 saturated heterocycles. The molecule has 1 rings (SSSR count). The lowest BCUT2D eigenvalue weighted by Gasteiger charge is -2.11. The summed E-state index contributed by atoms with van der Waals surface area (Å²) in [5.74, 6) is -0.647. The van der Waals surface area contributed by atoms with Gasteiger partial charge in [0.1, 0.15) is 11.6 Å². The molecule has 0 aliphatic rings. The average Bonchev–Trinajstić information content (AvgIpc) is 2.17. The van der Waals surface area contributed by atoms with E-state index < -0.39 is 5.82 Å². The number of aliphatic hydroxyl groups excluding tert-OH is 1. The Morgan fingerprint density at radius 1 is 1.60 bits per heavy atom. The molecule has 1 atom stereocenters. The number of rotatable bonds is 5. The summed E-state index contributed by atoms with van der Waals surface area (Å²) in [6, 6.07) is 1.36. The topological polar surface area (TPSA) is 50.2 Å². The fourth-order valence-electron chi connectivity index (χ4n) is 1.46. The highest BCUT2D eigenvalue weighted by Crippen LogP contribution is 2.13. The molecule has 1 aromatic rings. The molecule has 0 aliphatic carbocycles. The van der Waals surface area contributed by atoms with Crippen LogP contribution < -0.4 is 0 Å². The Balaban J connectivity index is 2.69. The number of Topliss-reactive ketones (excluding diaryl/α,β-unsaturated/α-hetero) is 1. The van der Waals surface area contributed by atoms with E-state index in [0.29, 0.717) is 18.4 Å². The standard InChI is InChI=1S/C11H14FNO2/c1-8(15)10(2-3-14)4-9-5-11(12)7-13-6-9/h5-7,10,14H,2-4H2,1H3. The van der Waals surface area contributed by atoms with Crippen molar-refractivity contribution in [2.75, 3.05) is 6.61 Å². The molecule has 0 saturated carbocycles. The maximum absolute atomic E-state index is 12.8. The van der Waals surface area contributed by atoms with Crippen LogP contribution in [0.25, 0.3) is 0 Å². The van der Waals surface area contributed by atoms with E-state index in [4.69, 9.17) is 5.11 Å². The zero-order valence-corrected chi connectivity index (χ0v) is 8.61. The summed E-state index contributed by atoms with van der Waals surface area (Å²) in [7, 11) is 0. The fraction of sp³-hybridized carbons (Fsp3) is 0.455. The molecule has 82 valence electrons. The Hall–Kier alpha value is -1.29. The minimum Gasteiger partial charge on any atom is -0.396 e. The van der Waals surface area contributed by atoms with E-state index in [1.165, 1.54) is 19.2 Å². The molecule has 15 heavy (non-hydrogen) atoms. The normalized spacial score (nSPS) is 12.5. The van der Waals surface area contributed by atoms with Gasteiger partial charge in [-0.3, -0.25) is 9.78 Å². The third kappa shape index (κ3) is 3.75. The molecular weight excluding hydrogens is 197 g/mol. The maximum Gasteiger partial charge on any atom is 0.141 e. The van der Waals surface area contributed by atoms with Crippen molar-refractivity contribution in [1.82, 2.24) is 4.98 Å². The number of hydrogen-bond donors (Lipinski definition) is 1. The number of pyridine rings is 1. The van der Waals surface area contributed by atoms with Gasteiger partial charge < -0.3 is 5.11 Å². The second-order valence-electron chi connectivity index (χ2n) is 3.54. The molecule has 0 fully saturated rings. The second kappa shape index (κ2) is 5.56. The third-order valence-corrected chi connectivity index (χ3v) is 2.30. The SMILES string of the molecule is CC(=O)C(CCO)Cc1cncc(F)c1. The van der Waals surface area contributed by atoms with Crippen LogP contribution in [0.15, 0.2) is 18.5 Å². The van der Waals surface area contributed by atoms with E-state index in [0.717, 1.165) is 6.20 Å². The van der Waals surface area contributed by atoms with Gasteiger partial charge in [0.25, 0.3) is 0 Å². The maximum atomic E-state index is 12.8. The molecular formula is C11H14FNO2. The van der Waals surface area contributed by atoms with Crippen molar-refractivity contribution in [3.05, 3.63) is 29.8 Å². The van der Waals surface area contributed by atoms with E-state index >= 15 is 0 Å². The van der Waals surface area contributed by atoms with Crippen LogP contribution in [0.4, 0.5) is 4.39 Å². The van der Waals surface area contributed by atoms with Gasteiger partial charge in [-0.2, -0.15) is 0 Å². The lowest BCUT2D eigenvalue weighted by atomic mass is 9.94. The van der Waals surface area contributed by atoms with Crippen molar-refractivity contribution < 1.29 is 14.3 Å². The van der Waals surface area contributed by atoms with Gasteiger partial charge in [0.05, 0.1) is 6.20 Å². The van der Waals surface area contributed by atoms with Gasteiger partial charge in [0.2, 0.25) is 0 Å². The Morgan fingerprint density at radius 2 is 2.33 bits per heavy atom. The first-order valence-electron chi connectivity index (χ1n) is 4.84. The second-order valence-corrected chi connectivity index (χ2v) is 3.54. The number of nitrogens with zero attached hydrogens (tertiary/aromatic N) is 1.